The van der Waals surface area contributed by atoms with E-state index < -0.39 is 0 Å². The molecule has 0 bridgehead atoms. The molecule has 1 aromatic heterocycles. The fourth-order valence-corrected chi connectivity index (χ4v) is 3.33. The highest BCUT2D eigenvalue weighted by atomic mass is 32.1. The summed E-state index contributed by atoms with van der Waals surface area (Å²) in [6.07, 6.45) is 0. The van der Waals surface area contributed by atoms with Gasteiger partial charge in [0.1, 0.15) is 0 Å². The number of hydrogen-bond acceptors (Lipinski definition) is 2. The Morgan fingerprint density at radius 1 is 1.06 bits per heavy atom. The van der Waals surface area contributed by atoms with Crippen molar-refractivity contribution in [1.29, 1.82) is 0 Å². The van der Waals surface area contributed by atoms with Gasteiger partial charge in [-0.3, -0.25) is 0 Å². The second-order valence-electron chi connectivity index (χ2n) is 5.08. The molecule has 1 N–H and O–H groups in total. The summed E-state index contributed by atoms with van der Waals surface area (Å²) < 4.78 is 1.44. The van der Waals surface area contributed by atoms with E-state index in [2.05, 4.69) is 62.7 Å². The summed E-state index contributed by atoms with van der Waals surface area (Å²) in [6, 6.07) is 9.88. The molecule has 2 aromatic rings. The first-order valence-electron chi connectivity index (χ1n) is 6.31. The van der Waals surface area contributed by atoms with Crippen LogP contribution in [0, 0.1) is 0 Å². The van der Waals surface area contributed by atoms with Crippen LogP contribution in [0.2, 0.25) is 0 Å². The van der Waals surface area contributed by atoms with Crippen molar-refractivity contribution in [2.45, 2.75) is 45.7 Å². The largest absolute Gasteiger partial charge is 0.311 e. The highest BCUT2D eigenvalue weighted by molar-refractivity contribution is 7.17. The summed E-state index contributed by atoms with van der Waals surface area (Å²) in [7, 11) is 0. The average Bonchev–Trinajstić information content (AvgIpc) is 2.74. The molecule has 2 unspecified atom stereocenters. The van der Waals surface area contributed by atoms with Crippen molar-refractivity contribution in [3.05, 3.63) is 35.2 Å². The summed E-state index contributed by atoms with van der Waals surface area (Å²) in [4.78, 5) is 0. The van der Waals surface area contributed by atoms with Crippen LogP contribution >= 0.6 is 11.3 Å². The van der Waals surface area contributed by atoms with Crippen LogP contribution < -0.4 is 5.32 Å². The Hall–Kier alpha value is -0.860. The predicted molar refractivity (Wildman–Crippen MR) is 78.0 cm³/mol. The lowest BCUT2D eigenvalue weighted by atomic mass is 9.93. The van der Waals surface area contributed by atoms with Gasteiger partial charge in [0.25, 0.3) is 0 Å². The third kappa shape index (κ3) is 2.70. The molecule has 0 aliphatic heterocycles. The van der Waals surface area contributed by atoms with Crippen molar-refractivity contribution in [1.82, 2.24) is 5.32 Å². The molecule has 1 heterocycles. The van der Waals surface area contributed by atoms with Crippen LogP contribution in [0.3, 0.4) is 0 Å². The SMILES string of the molecule is CC(C)NC(C)C(C)c1cccc2ccsc12. The van der Waals surface area contributed by atoms with Crippen LogP contribution in [-0.2, 0) is 0 Å². The van der Waals surface area contributed by atoms with E-state index in [0.29, 0.717) is 18.0 Å². The lowest BCUT2D eigenvalue weighted by Crippen LogP contribution is -2.36. The van der Waals surface area contributed by atoms with Gasteiger partial charge < -0.3 is 5.32 Å². The van der Waals surface area contributed by atoms with Gasteiger partial charge in [-0.25, -0.2) is 0 Å². The summed E-state index contributed by atoms with van der Waals surface area (Å²) in [5.41, 5.74) is 1.47. The van der Waals surface area contributed by atoms with Gasteiger partial charge in [-0.2, -0.15) is 0 Å². The van der Waals surface area contributed by atoms with Crippen molar-refractivity contribution >= 4 is 21.4 Å². The van der Waals surface area contributed by atoms with Crippen LogP contribution in [0.25, 0.3) is 10.1 Å². The Kier molecular flexibility index (Phi) is 3.85. The first-order valence-corrected chi connectivity index (χ1v) is 7.19. The first-order chi connectivity index (χ1) is 8.09. The first kappa shape index (κ1) is 12.6. The van der Waals surface area contributed by atoms with Gasteiger partial charge in [-0.1, -0.05) is 39.0 Å². The molecule has 1 nitrogen and oxygen atoms in total. The Bertz CT molecular complexity index is 486. The molecule has 92 valence electrons. The third-order valence-electron chi connectivity index (χ3n) is 3.35. The molecule has 0 aliphatic rings. The van der Waals surface area contributed by atoms with E-state index in [4.69, 9.17) is 0 Å². The van der Waals surface area contributed by atoms with Crippen LogP contribution in [0.5, 0.6) is 0 Å². The smallest absolute Gasteiger partial charge is 0.0378 e. The number of fused-ring (bicyclic) bond motifs is 1. The monoisotopic (exact) mass is 247 g/mol. The van der Waals surface area contributed by atoms with Gasteiger partial charge in [-0.15, -0.1) is 11.3 Å². The lowest BCUT2D eigenvalue weighted by molar-refractivity contribution is 0.441. The summed E-state index contributed by atoms with van der Waals surface area (Å²) in [6.45, 7) is 9.00. The predicted octanol–water partition coefficient (Wildman–Crippen LogP) is 4.39. The second-order valence-corrected chi connectivity index (χ2v) is 6.00. The lowest BCUT2D eigenvalue weighted by Gasteiger charge is -2.24. The second kappa shape index (κ2) is 5.19. The van der Waals surface area contributed by atoms with E-state index in [-0.39, 0.29) is 0 Å². The number of hydrogen-bond donors (Lipinski definition) is 1. The molecule has 0 fully saturated rings. The zero-order chi connectivity index (χ0) is 12.4. The van der Waals surface area contributed by atoms with Gasteiger partial charge >= 0.3 is 0 Å². The third-order valence-corrected chi connectivity index (χ3v) is 4.33. The topological polar surface area (TPSA) is 12.0 Å². The van der Waals surface area contributed by atoms with Crippen molar-refractivity contribution in [3.8, 4) is 0 Å². The van der Waals surface area contributed by atoms with Crippen LogP contribution in [0.1, 0.15) is 39.2 Å². The Morgan fingerprint density at radius 3 is 2.53 bits per heavy atom. The molecule has 2 heteroatoms. The molecule has 0 spiro atoms. The van der Waals surface area contributed by atoms with Crippen molar-refractivity contribution < 1.29 is 0 Å². The maximum absolute atomic E-state index is 3.60. The molecule has 1 aromatic carbocycles. The molecule has 0 radical (unpaired) electrons. The number of nitrogens with one attached hydrogen (secondary N) is 1. The quantitative estimate of drug-likeness (QED) is 0.845. The fourth-order valence-electron chi connectivity index (χ4n) is 2.31. The minimum Gasteiger partial charge on any atom is -0.311 e. The molecule has 17 heavy (non-hydrogen) atoms. The van der Waals surface area contributed by atoms with Gasteiger partial charge in [0.05, 0.1) is 0 Å². The maximum atomic E-state index is 3.60. The van der Waals surface area contributed by atoms with Gasteiger partial charge in [0.2, 0.25) is 0 Å². The van der Waals surface area contributed by atoms with E-state index >= 15 is 0 Å². The molecular formula is C15H21NS. The molecule has 2 rings (SSSR count). The summed E-state index contributed by atoms with van der Waals surface area (Å²) in [5, 5.41) is 7.16. The minimum absolute atomic E-state index is 0.502. The average molecular weight is 247 g/mol. The molecular weight excluding hydrogens is 226 g/mol. The van der Waals surface area contributed by atoms with E-state index in [1.54, 1.807) is 0 Å². The Morgan fingerprint density at radius 2 is 1.82 bits per heavy atom. The van der Waals surface area contributed by atoms with Gasteiger partial charge in [-0.05, 0) is 35.2 Å². The highest BCUT2D eigenvalue weighted by Gasteiger charge is 2.17. The molecule has 0 aliphatic carbocycles. The number of thiophene rings is 1. The molecule has 0 saturated heterocycles. The van der Waals surface area contributed by atoms with Crippen molar-refractivity contribution in [2.75, 3.05) is 0 Å². The van der Waals surface area contributed by atoms with Crippen LogP contribution in [0.15, 0.2) is 29.6 Å². The Balaban J connectivity index is 2.29. The summed E-state index contributed by atoms with van der Waals surface area (Å²) in [5.74, 6) is 0.541. The zero-order valence-electron chi connectivity index (χ0n) is 11.0. The van der Waals surface area contributed by atoms with Crippen LogP contribution in [-0.4, -0.2) is 12.1 Å². The van der Waals surface area contributed by atoms with E-state index in [0.717, 1.165) is 0 Å². The number of benzene rings is 1. The van der Waals surface area contributed by atoms with E-state index in [9.17, 15) is 0 Å². The van der Waals surface area contributed by atoms with Gasteiger partial charge in [0.15, 0.2) is 0 Å². The summed E-state index contributed by atoms with van der Waals surface area (Å²) >= 11 is 1.85. The number of rotatable bonds is 4. The standard InChI is InChI=1S/C15H21NS/c1-10(2)16-12(4)11(3)14-7-5-6-13-8-9-17-15(13)14/h5-12,16H,1-4H3. The van der Waals surface area contributed by atoms with Gasteiger partial charge in [0, 0.05) is 16.8 Å². The Labute approximate surface area is 108 Å². The van der Waals surface area contributed by atoms with E-state index in [1.165, 1.54) is 15.6 Å². The highest BCUT2D eigenvalue weighted by Crippen LogP contribution is 2.31. The molecule has 2 atom stereocenters. The van der Waals surface area contributed by atoms with Crippen molar-refractivity contribution in [3.63, 3.8) is 0 Å². The minimum atomic E-state index is 0.502. The van der Waals surface area contributed by atoms with Crippen LogP contribution in [0.4, 0.5) is 0 Å². The normalized spacial score (nSPS) is 15.4. The fraction of sp³-hybridized carbons (Fsp3) is 0.467. The van der Waals surface area contributed by atoms with Crippen molar-refractivity contribution in [2.24, 2.45) is 0 Å². The molecule has 0 amide bonds. The zero-order valence-corrected chi connectivity index (χ0v) is 11.8. The van der Waals surface area contributed by atoms with E-state index in [1.807, 2.05) is 11.3 Å². The maximum Gasteiger partial charge on any atom is 0.0378 e. The molecule has 0 saturated carbocycles.